The molecule has 112 valence electrons. The number of anilines is 1. The number of aryl methyl sites for hydroxylation is 1. The summed E-state index contributed by atoms with van der Waals surface area (Å²) in [4.78, 5) is 2.50. The van der Waals surface area contributed by atoms with Gasteiger partial charge >= 0.3 is 0 Å². The molecule has 0 bridgehead atoms. The van der Waals surface area contributed by atoms with E-state index in [-0.39, 0.29) is 6.04 Å². The molecule has 3 atom stereocenters. The van der Waals surface area contributed by atoms with Crippen LogP contribution in [-0.2, 0) is 11.2 Å². The van der Waals surface area contributed by atoms with Gasteiger partial charge in [0, 0.05) is 18.3 Å². The lowest BCUT2D eigenvalue weighted by molar-refractivity contribution is 0.0299. The van der Waals surface area contributed by atoms with Gasteiger partial charge in [0.05, 0.1) is 18.8 Å². The number of rotatable bonds is 4. The van der Waals surface area contributed by atoms with Crippen LogP contribution in [0.15, 0.2) is 18.2 Å². The fourth-order valence-corrected chi connectivity index (χ4v) is 2.93. The fourth-order valence-electron chi connectivity index (χ4n) is 2.93. The molecule has 0 saturated carbocycles. The van der Waals surface area contributed by atoms with Crippen LogP contribution in [0.3, 0.4) is 0 Å². The smallest absolute Gasteiger partial charge is 0.0723 e. The highest BCUT2D eigenvalue weighted by Gasteiger charge is 2.25. The van der Waals surface area contributed by atoms with E-state index in [2.05, 4.69) is 50.8 Å². The summed E-state index contributed by atoms with van der Waals surface area (Å²) in [5.74, 6) is 0. The Bertz CT molecular complexity index is 445. The molecule has 0 aromatic heterocycles. The second-order valence-electron chi connectivity index (χ2n) is 6.15. The molecule has 1 saturated heterocycles. The first kappa shape index (κ1) is 15.3. The molecule has 0 aliphatic carbocycles. The largest absolute Gasteiger partial charge is 0.375 e. The van der Waals surface area contributed by atoms with Crippen molar-refractivity contribution in [1.82, 2.24) is 0 Å². The van der Waals surface area contributed by atoms with Gasteiger partial charge in [0.25, 0.3) is 0 Å². The molecule has 3 unspecified atom stereocenters. The lowest BCUT2D eigenvalue weighted by Crippen LogP contribution is -2.48. The third-order valence-electron chi connectivity index (χ3n) is 4.14. The normalized spacial score (nSPS) is 24.8. The molecule has 2 rings (SSSR count). The van der Waals surface area contributed by atoms with E-state index in [1.54, 1.807) is 0 Å². The first-order valence-electron chi connectivity index (χ1n) is 7.74. The predicted octanol–water partition coefficient (Wildman–Crippen LogP) is 2.89. The van der Waals surface area contributed by atoms with Crippen LogP contribution < -0.4 is 10.6 Å². The van der Waals surface area contributed by atoms with E-state index < -0.39 is 0 Å². The van der Waals surface area contributed by atoms with E-state index in [1.165, 1.54) is 16.8 Å². The number of benzene rings is 1. The zero-order valence-electron chi connectivity index (χ0n) is 13.2. The first-order chi connectivity index (χ1) is 9.51. The molecule has 3 nitrogen and oxygen atoms in total. The van der Waals surface area contributed by atoms with Gasteiger partial charge in [-0.1, -0.05) is 13.0 Å². The van der Waals surface area contributed by atoms with Crippen LogP contribution in [-0.4, -0.2) is 31.3 Å². The van der Waals surface area contributed by atoms with Crippen LogP contribution in [0.25, 0.3) is 0 Å². The van der Waals surface area contributed by atoms with Crippen molar-refractivity contribution >= 4 is 5.69 Å². The molecule has 3 heteroatoms. The lowest BCUT2D eigenvalue weighted by atomic mass is 10.00. The van der Waals surface area contributed by atoms with Crippen LogP contribution in [0.1, 0.15) is 38.3 Å². The van der Waals surface area contributed by atoms with E-state index >= 15 is 0 Å². The number of nitrogens with zero attached hydrogens (tertiary/aromatic N) is 1. The summed E-state index contributed by atoms with van der Waals surface area (Å²) in [7, 11) is 0. The van der Waals surface area contributed by atoms with E-state index in [0.717, 1.165) is 26.0 Å². The Kier molecular flexibility index (Phi) is 5.06. The SMILES string of the molecule is CCC1COC(C)CN1c1ccc(CC(C)N)c(C)c1. The summed E-state index contributed by atoms with van der Waals surface area (Å²) in [5.41, 5.74) is 9.93. The maximum absolute atomic E-state index is 5.91. The highest BCUT2D eigenvalue weighted by Crippen LogP contribution is 2.26. The highest BCUT2D eigenvalue weighted by atomic mass is 16.5. The van der Waals surface area contributed by atoms with Gasteiger partial charge < -0.3 is 15.4 Å². The molecule has 0 spiro atoms. The van der Waals surface area contributed by atoms with Crippen molar-refractivity contribution in [3.05, 3.63) is 29.3 Å². The Balaban J connectivity index is 2.20. The Morgan fingerprint density at radius 3 is 2.80 bits per heavy atom. The summed E-state index contributed by atoms with van der Waals surface area (Å²) >= 11 is 0. The quantitative estimate of drug-likeness (QED) is 0.919. The van der Waals surface area contributed by atoms with Crippen molar-refractivity contribution in [2.75, 3.05) is 18.1 Å². The molecule has 1 aliphatic heterocycles. The Labute approximate surface area is 123 Å². The minimum atomic E-state index is 0.214. The average molecular weight is 276 g/mol. The zero-order valence-corrected chi connectivity index (χ0v) is 13.2. The van der Waals surface area contributed by atoms with Crippen LogP contribution in [0.5, 0.6) is 0 Å². The molecule has 0 amide bonds. The van der Waals surface area contributed by atoms with Gasteiger partial charge in [0.15, 0.2) is 0 Å². The van der Waals surface area contributed by atoms with Gasteiger partial charge in [-0.2, -0.15) is 0 Å². The topological polar surface area (TPSA) is 38.5 Å². The summed E-state index contributed by atoms with van der Waals surface area (Å²) in [6.07, 6.45) is 2.37. The highest BCUT2D eigenvalue weighted by molar-refractivity contribution is 5.52. The third kappa shape index (κ3) is 3.53. The minimum Gasteiger partial charge on any atom is -0.375 e. The van der Waals surface area contributed by atoms with Crippen LogP contribution in [0.4, 0.5) is 5.69 Å². The third-order valence-corrected chi connectivity index (χ3v) is 4.14. The van der Waals surface area contributed by atoms with E-state index in [0.29, 0.717) is 12.1 Å². The number of hydrogen-bond acceptors (Lipinski definition) is 3. The molecule has 1 fully saturated rings. The standard InChI is InChI=1S/C17H28N2O/c1-5-16-11-20-14(4)10-19(16)17-7-6-15(9-13(3)18)12(2)8-17/h6-8,13-14,16H,5,9-11,18H2,1-4H3. The van der Waals surface area contributed by atoms with Crippen molar-refractivity contribution < 1.29 is 4.74 Å². The number of hydrogen-bond donors (Lipinski definition) is 1. The van der Waals surface area contributed by atoms with Crippen molar-refractivity contribution in [2.45, 2.75) is 58.7 Å². The molecule has 2 N–H and O–H groups in total. The van der Waals surface area contributed by atoms with Gasteiger partial charge in [0.1, 0.15) is 0 Å². The molecule has 0 radical (unpaired) electrons. The Morgan fingerprint density at radius 1 is 1.45 bits per heavy atom. The first-order valence-corrected chi connectivity index (χ1v) is 7.74. The van der Waals surface area contributed by atoms with Gasteiger partial charge in [-0.15, -0.1) is 0 Å². The number of morpholine rings is 1. The van der Waals surface area contributed by atoms with Crippen molar-refractivity contribution in [2.24, 2.45) is 5.73 Å². The van der Waals surface area contributed by atoms with E-state index in [1.807, 2.05) is 0 Å². The van der Waals surface area contributed by atoms with E-state index in [9.17, 15) is 0 Å². The molecular formula is C17H28N2O. The predicted molar refractivity (Wildman–Crippen MR) is 85.4 cm³/mol. The fraction of sp³-hybridized carbons (Fsp3) is 0.647. The maximum atomic E-state index is 5.91. The Morgan fingerprint density at radius 2 is 2.20 bits per heavy atom. The minimum absolute atomic E-state index is 0.214. The van der Waals surface area contributed by atoms with Gasteiger partial charge in [-0.3, -0.25) is 0 Å². The van der Waals surface area contributed by atoms with Crippen LogP contribution >= 0.6 is 0 Å². The molecule has 1 aromatic carbocycles. The molecule has 1 aliphatic rings. The second-order valence-corrected chi connectivity index (χ2v) is 6.15. The van der Waals surface area contributed by atoms with Crippen LogP contribution in [0.2, 0.25) is 0 Å². The molecule has 1 heterocycles. The molecule has 1 aromatic rings. The summed E-state index contributed by atoms with van der Waals surface area (Å²) in [6.45, 7) is 10.4. The molecule has 20 heavy (non-hydrogen) atoms. The van der Waals surface area contributed by atoms with Gasteiger partial charge in [-0.25, -0.2) is 0 Å². The zero-order chi connectivity index (χ0) is 14.7. The average Bonchev–Trinajstić information content (AvgIpc) is 2.40. The lowest BCUT2D eigenvalue weighted by Gasteiger charge is -2.40. The van der Waals surface area contributed by atoms with Crippen LogP contribution in [0, 0.1) is 6.92 Å². The summed E-state index contributed by atoms with van der Waals surface area (Å²) < 4.78 is 5.78. The number of nitrogens with two attached hydrogens (primary N) is 1. The van der Waals surface area contributed by atoms with Gasteiger partial charge in [-0.05, 0) is 56.9 Å². The monoisotopic (exact) mass is 276 g/mol. The van der Waals surface area contributed by atoms with Crippen molar-refractivity contribution in [1.29, 1.82) is 0 Å². The maximum Gasteiger partial charge on any atom is 0.0723 e. The van der Waals surface area contributed by atoms with E-state index in [4.69, 9.17) is 10.5 Å². The Hall–Kier alpha value is -1.06. The summed E-state index contributed by atoms with van der Waals surface area (Å²) in [5, 5.41) is 0. The second kappa shape index (κ2) is 6.59. The van der Waals surface area contributed by atoms with Crippen molar-refractivity contribution in [3.8, 4) is 0 Å². The van der Waals surface area contributed by atoms with Gasteiger partial charge in [0.2, 0.25) is 0 Å². The number of ether oxygens (including phenoxy) is 1. The molecular weight excluding hydrogens is 248 g/mol. The summed E-state index contributed by atoms with van der Waals surface area (Å²) in [6, 6.07) is 7.49. The van der Waals surface area contributed by atoms with Crippen molar-refractivity contribution in [3.63, 3.8) is 0 Å².